The van der Waals surface area contributed by atoms with E-state index in [1.807, 2.05) is 25.2 Å². The molecule has 1 heterocycles. The van der Waals surface area contributed by atoms with Crippen molar-refractivity contribution >= 4 is 6.09 Å². The van der Waals surface area contributed by atoms with Crippen LogP contribution in [0.2, 0.25) is 0 Å². The molecule has 5 nitrogen and oxygen atoms in total. The number of para-hydroxylation sites is 1. The van der Waals surface area contributed by atoms with Crippen LogP contribution in [0.15, 0.2) is 30.3 Å². The van der Waals surface area contributed by atoms with Gasteiger partial charge in [0.25, 0.3) is 0 Å². The molecular formula is C13H19N3O2. The molecule has 2 N–H and O–H groups in total. The highest BCUT2D eigenvalue weighted by Gasteiger charge is 2.25. The molecule has 98 valence electrons. The van der Waals surface area contributed by atoms with E-state index in [-0.39, 0.29) is 6.09 Å². The van der Waals surface area contributed by atoms with Gasteiger partial charge in [0.05, 0.1) is 0 Å². The maximum absolute atomic E-state index is 11.9. The van der Waals surface area contributed by atoms with Gasteiger partial charge in [0.15, 0.2) is 0 Å². The van der Waals surface area contributed by atoms with Crippen LogP contribution in [0.4, 0.5) is 4.79 Å². The fourth-order valence-electron chi connectivity index (χ4n) is 2.11. The fourth-order valence-corrected chi connectivity index (χ4v) is 2.11. The Labute approximate surface area is 107 Å². The molecule has 0 unspecified atom stereocenters. The number of hydrazine groups is 1. The monoisotopic (exact) mass is 249 g/mol. The third-order valence-electron chi connectivity index (χ3n) is 3.25. The quantitative estimate of drug-likeness (QED) is 0.636. The number of ether oxygens (including phenoxy) is 1. The van der Waals surface area contributed by atoms with Gasteiger partial charge in [-0.2, -0.15) is 0 Å². The predicted molar refractivity (Wildman–Crippen MR) is 69.0 cm³/mol. The Morgan fingerprint density at radius 1 is 1.33 bits per heavy atom. The number of nitrogens with zero attached hydrogens (tertiary/aromatic N) is 2. The standard InChI is InChI=1S/C13H19N3O2/c1-15(14)11-7-9-16(10-8-11)13(17)18-12-5-3-2-4-6-12/h2-6,11H,7-10,14H2,1H3. The van der Waals surface area contributed by atoms with Crippen molar-refractivity contribution in [3.8, 4) is 5.75 Å². The summed E-state index contributed by atoms with van der Waals surface area (Å²) < 4.78 is 5.29. The van der Waals surface area contributed by atoms with Crippen LogP contribution in [0.1, 0.15) is 12.8 Å². The number of benzene rings is 1. The van der Waals surface area contributed by atoms with E-state index in [2.05, 4.69) is 0 Å². The largest absolute Gasteiger partial charge is 0.415 e. The van der Waals surface area contributed by atoms with E-state index in [1.54, 1.807) is 22.0 Å². The summed E-state index contributed by atoms with van der Waals surface area (Å²) in [6.07, 6.45) is 1.49. The van der Waals surface area contributed by atoms with Crippen LogP contribution in [0.3, 0.4) is 0 Å². The van der Waals surface area contributed by atoms with E-state index >= 15 is 0 Å². The van der Waals surface area contributed by atoms with Gasteiger partial charge in [0, 0.05) is 26.2 Å². The van der Waals surface area contributed by atoms with E-state index in [0.717, 1.165) is 12.8 Å². The number of carbonyl (C=O) groups excluding carboxylic acids is 1. The van der Waals surface area contributed by atoms with Crippen LogP contribution < -0.4 is 10.6 Å². The third kappa shape index (κ3) is 3.21. The first-order valence-corrected chi connectivity index (χ1v) is 6.16. The average Bonchev–Trinajstić information content (AvgIpc) is 2.40. The highest BCUT2D eigenvalue weighted by molar-refractivity contribution is 5.70. The van der Waals surface area contributed by atoms with E-state index in [4.69, 9.17) is 10.6 Å². The maximum atomic E-state index is 11.9. The first-order chi connectivity index (χ1) is 8.66. The molecule has 0 bridgehead atoms. The number of rotatable bonds is 2. The Morgan fingerprint density at radius 2 is 1.94 bits per heavy atom. The second-order valence-electron chi connectivity index (χ2n) is 4.56. The Morgan fingerprint density at radius 3 is 2.50 bits per heavy atom. The Kier molecular flexibility index (Phi) is 4.17. The zero-order valence-corrected chi connectivity index (χ0v) is 10.6. The highest BCUT2D eigenvalue weighted by atomic mass is 16.6. The minimum Gasteiger partial charge on any atom is -0.410 e. The van der Waals surface area contributed by atoms with Crippen molar-refractivity contribution in [1.82, 2.24) is 9.91 Å². The molecule has 18 heavy (non-hydrogen) atoms. The summed E-state index contributed by atoms with van der Waals surface area (Å²) in [5.41, 5.74) is 0. The number of amides is 1. The zero-order valence-electron chi connectivity index (χ0n) is 10.6. The lowest BCUT2D eigenvalue weighted by Crippen LogP contribution is -2.48. The minimum absolute atomic E-state index is 0.278. The minimum atomic E-state index is -0.278. The summed E-state index contributed by atoms with van der Waals surface area (Å²) in [6.45, 7) is 1.38. The molecule has 0 saturated carbocycles. The van der Waals surface area contributed by atoms with Gasteiger partial charge in [-0.1, -0.05) is 18.2 Å². The second-order valence-corrected chi connectivity index (χ2v) is 4.56. The van der Waals surface area contributed by atoms with Crippen LogP contribution in [-0.4, -0.2) is 42.2 Å². The van der Waals surface area contributed by atoms with Gasteiger partial charge < -0.3 is 9.64 Å². The maximum Gasteiger partial charge on any atom is 0.415 e. The van der Waals surface area contributed by atoms with E-state index in [1.165, 1.54) is 0 Å². The van der Waals surface area contributed by atoms with Gasteiger partial charge in [0.2, 0.25) is 0 Å². The number of likely N-dealkylation sites (tertiary alicyclic amines) is 1. The number of carbonyl (C=O) groups is 1. The number of hydrogen-bond donors (Lipinski definition) is 1. The molecule has 0 spiro atoms. The van der Waals surface area contributed by atoms with Gasteiger partial charge >= 0.3 is 6.09 Å². The first-order valence-electron chi connectivity index (χ1n) is 6.16. The summed E-state index contributed by atoms with van der Waals surface area (Å²) in [4.78, 5) is 13.6. The molecule has 1 saturated heterocycles. The first kappa shape index (κ1) is 12.9. The second kappa shape index (κ2) is 5.84. The van der Waals surface area contributed by atoms with Gasteiger partial charge in [-0.15, -0.1) is 0 Å². The molecule has 1 aromatic rings. The van der Waals surface area contributed by atoms with Crippen LogP contribution in [-0.2, 0) is 0 Å². The molecule has 5 heteroatoms. The Balaban J connectivity index is 1.85. The lowest BCUT2D eigenvalue weighted by atomic mass is 10.1. The molecule has 1 aromatic carbocycles. The van der Waals surface area contributed by atoms with Crippen LogP contribution in [0.5, 0.6) is 5.75 Å². The van der Waals surface area contributed by atoms with E-state index < -0.39 is 0 Å². The number of piperidine rings is 1. The summed E-state index contributed by atoms with van der Waals surface area (Å²) in [5.74, 6) is 6.29. The van der Waals surface area contributed by atoms with E-state index in [0.29, 0.717) is 24.9 Å². The van der Waals surface area contributed by atoms with Crippen molar-refractivity contribution in [3.63, 3.8) is 0 Å². The normalized spacial score (nSPS) is 16.9. The smallest absolute Gasteiger partial charge is 0.410 e. The van der Waals surface area contributed by atoms with Crippen molar-refractivity contribution in [2.24, 2.45) is 5.84 Å². The van der Waals surface area contributed by atoms with Gasteiger partial charge in [-0.3, -0.25) is 5.84 Å². The van der Waals surface area contributed by atoms with Crippen molar-refractivity contribution in [1.29, 1.82) is 0 Å². The highest BCUT2D eigenvalue weighted by Crippen LogP contribution is 2.16. The topological polar surface area (TPSA) is 58.8 Å². The molecule has 0 radical (unpaired) electrons. The number of nitrogens with two attached hydrogens (primary N) is 1. The molecule has 0 aliphatic carbocycles. The fraction of sp³-hybridized carbons (Fsp3) is 0.462. The Hall–Kier alpha value is -1.59. The van der Waals surface area contributed by atoms with Crippen molar-refractivity contribution < 1.29 is 9.53 Å². The predicted octanol–water partition coefficient (Wildman–Crippen LogP) is 1.46. The summed E-state index contributed by atoms with van der Waals surface area (Å²) in [7, 11) is 1.86. The lowest BCUT2D eigenvalue weighted by Gasteiger charge is -2.34. The van der Waals surface area contributed by atoms with Crippen LogP contribution in [0, 0.1) is 0 Å². The molecule has 0 atom stereocenters. The van der Waals surface area contributed by atoms with Crippen molar-refractivity contribution in [3.05, 3.63) is 30.3 Å². The molecule has 1 amide bonds. The lowest BCUT2D eigenvalue weighted by molar-refractivity contribution is 0.110. The molecular weight excluding hydrogens is 230 g/mol. The summed E-state index contributed by atoms with van der Waals surface area (Å²) >= 11 is 0. The molecule has 0 aromatic heterocycles. The molecule has 1 fully saturated rings. The summed E-state index contributed by atoms with van der Waals surface area (Å²) in [6, 6.07) is 9.48. The molecule has 1 aliphatic heterocycles. The zero-order chi connectivity index (χ0) is 13.0. The summed E-state index contributed by atoms with van der Waals surface area (Å²) in [5, 5.41) is 1.72. The van der Waals surface area contributed by atoms with Crippen LogP contribution >= 0.6 is 0 Å². The van der Waals surface area contributed by atoms with E-state index in [9.17, 15) is 4.79 Å². The van der Waals surface area contributed by atoms with Crippen molar-refractivity contribution in [2.45, 2.75) is 18.9 Å². The SMILES string of the molecule is CN(N)C1CCN(C(=O)Oc2ccccc2)CC1. The Bertz CT molecular complexity index is 386. The van der Waals surface area contributed by atoms with Crippen molar-refractivity contribution in [2.75, 3.05) is 20.1 Å². The molecule has 2 rings (SSSR count). The van der Waals surface area contributed by atoms with Gasteiger partial charge in [-0.25, -0.2) is 9.80 Å². The molecule has 1 aliphatic rings. The van der Waals surface area contributed by atoms with Gasteiger partial charge in [0.1, 0.15) is 5.75 Å². The van der Waals surface area contributed by atoms with Crippen LogP contribution in [0.25, 0.3) is 0 Å². The average molecular weight is 249 g/mol. The van der Waals surface area contributed by atoms with Gasteiger partial charge in [-0.05, 0) is 25.0 Å². The third-order valence-corrected chi connectivity index (χ3v) is 3.25. The number of hydrogen-bond acceptors (Lipinski definition) is 4.